The molecule has 1 atom stereocenters. The molecule has 0 radical (unpaired) electrons. The number of amides is 1. The monoisotopic (exact) mass is 484 g/mol. The topological polar surface area (TPSA) is 76.9 Å². The summed E-state index contributed by atoms with van der Waals surface area (Å²) in [4.78, 5) is 34.5. The van der Waals surface area contributed by atoms with Gasteiger partial charge in [0.25, 0.3) is 5.56 Å². The van der Waals surface area contributed by atoms with E-state index in [1.165, 1.54) is 22.0 Å². The maximum atomic E-state index is 13.5. The van der Waals surface area contributed by atoms with Crippen molar-refractivity contribution in [3.05, 3.63) is 82.5 Å². The number of allylic oxidation sites excluding steroid dienone is 1. The van der Waals surface area contributed by atoms with Crippen molar-refractivity contribution in [1.82, 2.24) is 14.5 Å². The SMILES string of the molecule is C=CCn1c(SC(C)C(=O)Nc2nc(-c3ccc(F)c(F)c3)cs2)nc2ccccc2c1=O. The third-order valence-corrected chi connectivity index (χ3v) is 6.59. The molecule has 0 saturated heterocycles. The van der Waals surface area contributed by atoms with Crippen LogP contribution in [-0.4, -0.2) is 25.7 Å². The van der Waals surface area contributed by atoms with Gasteiger partial charge in [-0.3, -0.25) is 14.2 Å². The number of para-hydroxylation sites is 1. The van der Waals surface area contributed by atoms with Crippen molar-refractivity contribution in [2.75, 3.05) is 5.32 Å². The van der Waals surface area contributed by atoms with Crippen molar-refractivity contribution in [1.29, 1.82) is 0 Å². The first kappa shape index (κ1) is 22.8. The predicted molar refractivity (Wildman–Crippen MR) is 128 cm³/mol. The number of anilines is 1. The first-order chi connectivity index (χ1) is 15.9. The number of aromatic nitrogens is 3. The van der Waals surface area contributed by atoms with Gasteiger partial charge in [0.2, 0.25) is 5.91 Å². The van der Waals surface area contributed by atoms with Gasteiger partial charge in [-0.1, -0.05) is 30.0 Å². The Kier molecular flexibility index (Phi) is 6.66. The van der Waals surface area contributed by atoms with E-state index in [0.29, 0.717) is 32.4 Å². The maximum absolute atomic E-state index is 13.5. The number of thiazole rings is 1. The van der Waals surface area contributed by atoms with E-state index < -0.39 is 16.9 Å². The zero-order valence-electron chi connectivity index (χ0n) is 17.4. The van der Waals surface area contributed by atoms with Crippen LogP contribution >= 0.6 is 23.1 Å². The third-order valence-electron chi connectivity index (χ3n) is 4.74. The average Bonchev–Trinajstić information content (AvgIpc) is 3.26. The second-order valence-electron chi connectivity index (χ2n) is 7.03. The molecule has 0 fully saturated rings. The summed E-state index contributed by atoms with van der Waals surface area (Å²) < 4.78 is 28.1. The van der Waals surface area contributed by atoms with E-state index in [0.717, 1.165) is 23.9 Å². The molecule has 6 nitrogen and oxygen atoms in total. The summed E-state index contributed by atoms with van der Waals surface area (Å²) in [7, 11) is 0. The van der Waals surface area contributed by atoms with Crippen LogP contribution in [0.15, 0.2) is 70.5 Å². The highest BCUT2D eigenvalue weighted by molar-refractivity contribution is 8.00. The lowest BCUT2D eigenvalue weighted by molar-refractivity contribution is -0.115. The fourth-order valence-corrected chi connectivity index (χ4v) is 4.71. The molecule has 2 heterocycles. The molecule has 4 rings (SSSR count). The van der Waals surface area contributed by atoms with Crippen LogP contribution in [0.2, 0.25) is 0 Å². The van der Waals surface area contributed by atoms with Crippen LogP contribution in [0.4, 0.5) is 13.9 Å². The van der Waals surface area contributed by atoms with Gasteiger partial charge in [-0.05, 0) is 37.3 Å². The molecule has 1 unspecified atom stereocenters. The van der Waals surface area contributed by atoms with Gasteiger partial charge in [-0.2, -0.15) is 0 Å². The molecule has 33 heavy (non-hydrogen) atoms. The standard InChI is InChI=1S/C23H18F2N4O2S2/c1-3-10-29-21(31)15-6-4-5-7-18(15)27-23(29)33-13(2)20(30)28-22-26-19(12-32-22)14-8-9-16(24)17(25)11-14/h3-9,11-13H,1,10H2,2H3,(H,26,28,30). The number of fused-ring (bicyclic) bond motifs is 1. The van der Waals surface area contributed by atoms with Gasteiger partial charge < -0.3 is 5.32 Å². The molecule has 2 aromatic carbocycles. The second kappa shape index (κ2) is 9.63. The van der Waals surface area contributed by atoms with E-state index in [2.05, 4.69) is 21.9 Å². The highest BCUT2D eigenvalue weighted by atomic mass is 32.2. The smallest absolute Gasteiger partial charge is 0.262 e. The molecular weight excluding hydrogens is 466 g/mol. The molecule has 0 spiro atoms. The Morgan fingerprint density at radius 1 is 1.24 bits per heavy atom. The summed E-state index contributed by atoms with van der Waals surface area (Å²) >= 11 is 2.32. The number of nitrogens with one attached hydrogen (secondary N) is 1. The van der Waals surface area contributed by atoms with Crippen LogP contribution in [-0.2, 0) is 11.3 Å². The van der Waals surface area contributed by atoms with E-state index in [9.17, 15) is 18.4 Å². The zero-order chi connectivity index (χ0) is 23.5. The summed E-state index contributed by atoms with van der Waals surface area (Å²) in [5, 5.41) is 5.00. The van der Waals surface area contributed by atoms with Gasteiger partial charge in [0, 0.05) is 17.5 Å². The van der Waals surface area contributed by atoms with E-state index in [1.54, 1.807) is 42.6 Å². The molecule has 0 aliphatic heterocycles. The molecule has 1 N–H and O–H groups in total. The highest BCUT2D eigenvalue weighted by Crippen LogP contribution is 2.28. The van der Waals surface area contributed by atoms with Crippen LogP contribution in [0.1, 0.15) is 6.92 Å². The van der Waals surface area contributed by atoms with E-state index in [4.69, 9.17) is 0 Å². The molecular formula is C23H18F2N4O2S2. The number of rotatable bonds is 7. The van der Waals surface area contributed by atoms with Gasteiger partial charge in [0.15, 0.2) is 21.9 Å². The van der Waals surface area contributed by atoms with Crippen LogP contribution in [0, 0.1) is 11.6 Å². The minimum absolute atomic E-state index is 0.202. The Morgan fingerprint density at radius 3 is 2.79 bits per heavy atom. The number of halogens is 2. The van der Waals surface area contributed by atoms with Crippen molar-refractivity contribution in [2.45, 2.75) is 23.9 Å². The lowest BCUT2D eigenvalue weighted by Crippen LogP contribution is -2.26. The predicted octanol–water partition coefficient (Wildman–Crippen LogP) is 5.10. The van der Waals surface area contributed by atoms with Crippen molar-refractivity contribution < 1.29 is 13.6 Å². The summed E-state index contributed by atoms with van der Waals surface area (Å²) in [6, 6.07) is 10.5. The number of hydrogen-bond acceptors (Lipinski definition) is 6. The van der Waals surface area contributed by atoms with E-state index >= 15 is 0 Å². The molecule has 2 aromatic heterocycles. The quantitative estimate of drug-likeness (QED) is 0.224. The normalized spacial score (nSPS) is 12.0. The minimum atomic E-state index is -0.968. The van der Waals surface area contributed by atoms with E-state index in [-0.39, 0.29) is 18.0 Å². The summed E-state index contributed by atoms with van der Waals surface area (Å²) in [6.07, 6.45) is 1.60. The molecule has 168 valence electrons. The lowest BCUT2D eigenvalue weighted by Gasteiger charge is -2.15. The number of hydrogen-bond donors (Lipinski definition) is 1. The number of thioether (sulfide) groups is 1. The van der Waals surface area contributed by atoms with Crippen molar-refractivity contribution in [3.8, 4) is 11.3 Å². The largest absolute Gasteiger partial charge is 0.301 e. The van der Waals surface area contributed by atoms with Crippen LogP contribution < -0.4 is 10.9 Å². The molecule has 10 heteroatoms. The summed E-state index contributed by atoms with van der Waals surface area (Å²) in [6.45, 7) is 5.66. The van der Waals surface area contributed by atoms with Gasteiger partial charge >= 0.3 is 0 Å². The summed E-state index contributed by atoms with van der Waals surface area (Å²) in [5.74, 6) is -2.24. The van der Waals surface area contributed by atoms with Crippen molar-refractivity contribution >= 4 is 45.0 Å². The van der Waals surface area contributed by atoms with E-state index in [1.807, 2.05) is 0 Å². The summed E-state index contributed by atoms with van der Waals surface area (Å²) in [5.41, 5.74) is 1.17. The molecule has 0 bridgehead atoms. The molecule has 1 amide bonds. The van der Waals surface area contributed by atoms with Gasteiger partial charge in [-0.15, -0.1) is 17.9 Å². The molecule has 0 aliphatic rings. The maximum Gasteiger partial charge on any atom is 0.262 e. The van der Waals surface area contributed by atoms with Gasteiger partial charge in [0.1, 0.15) is 0 Å². The first-order valence-electron chi connectivity index (χ1n) is 9.86. The highest BCUT2D eigenvalue weighted by Gasteiger charge is 2.20. The average molecular weight is 485 g/mol. The van der Waals surface area contributed by atoms with Crippen LogP contribution in [0.3, 0.4) is 0 Å². The van der Waals surface area contributed by atoms with Crippen LogP contribution in [0.5, 0.6) is 0 Å². The molecule has 0 saturated carbocycles. The third kappa shape index (κ3) is 4.86. The second-order valence-corrected chi connectivity index (χ2v) is 9.20. The fraction of sp³-hybridized carbons (Fsp3) is 0.130. The Balaban J connectivity index is 1.53. The Bertz CT molecular complexity index is 1420. The Labute approximate surface area is 196 Å². The number of nitrogens with zero attached hydrogens (tertiary/aromatic N) is 3. The number of benzene rings is 2. The lowest BCUT2D eigenvalue weighted by atomic mass is 10.2. The number of carbonyl (C=O) groups is 1. The fourth-order valence-electron chi connectivity index (χ4n) is 3.07. The first-order valence-corrected chi connectivity index (χ1v) is 11.6. The minimum Gasteiger partial charge on any atom is -0.301 e. The Morgan fingerprint density at radius 2 is 2.03 bits per heavy atom. The molecule has 4 aromatic rings. The number of carbonyl (C=O) groups excluding carboxylic acids is 1. The molecule has 0 aliphatic carbocycles. The van der Waals surface area contributed by atoms with Gasteiger partial charge in [0.05, 0.1) is 21.8 Å². The van der Waals surface area contributed by atoms with Crippen molar-refractivity contribution in [3.63, 3.8) is 0 Å². The van der Waals surface area contributed by atoms with Gasteiger partial charge in [-0.25, -0.2) is 18.7 Å². The zero-order valence-corrected chi connectivity index (χ0v) is 19.1. The van der Waals surface area contributed by atoms with Crippen LogP contribution in [0.25, 0.3) is 22.2 Å². The Hall–Kier alpha value is -3.37. The van der Waals surface area contributed by atoms with Crippen molar-refractivity contribution in [2.24, 2.45) is 0 Å².